The van der Waals surface area contributed by atoms with Crippen LogP contribution in [0, 0.1) is 13.8 Å². The highest BCUT2D eigenvalue weighted by Crippen LogP contribution is 2.14. The van der Waals surface area contributed by atoms with Gasteiger partial charge in [0, 0.05) is 22.2 Å². The predicted molar refractivity (Wildman–Crippen MR) is 77.7 cm³/mol. The van der Waals surface area contributed by atoms with E-state index < -0.39 is 5.91 Å². The van der Waals surface area contributed by atoms with Gasteiger partial charge in [-0.1, -0.05) is 6.07 Å². The van der Waals surface area contributed by atoms with Gasteiger partial charge in [-0.2, -0.15) is 0 Å². The van der Waals surface area contributed by atoms with Crippen LogP contribution in [0.15, 0.2) is 24.4 Å². The van der Waals surface area contributed by atoms with E-state index in [-0.39, 0.29) is 5.91 Å². The molecule has 1 aromatic carbocycles. The van der Waals surface area contributed by atoms with Crippen molar-refractivity contribution in [3.63, 3.8) is 0 Å². The minimum absolute atomic E-state index is 0.238. The Kier molecular flexibility index (Phi) is 4.14. The number of aryl methyl sites for hydroxylation is 1. The zero-order valence-electron chi connectivity index (χ0n) is 11.3. The second-order valence-corrected chi connectivity index (χ2v) is 5.71. The first-order valence-corrected chi connectivity index (χ1v) is 6.89. The smallest absolute Gasteiger partial charge is 0.251 e. The van der Waals surface area contributed by atoms with Crippen LogP contribution in [0.25, 0.3) is 0 Å². The predicted octanol–water partition coefficient (Wildman–Crippen LogP) is 1.79. The molecule has 2 aromatic rings. The Balaban J connectivity index is 2.13. The van der Waals surface area contributed by atoms with Crippen molar-refractivity contribution in [2.24, 2.45) is 5.73 Å². The monoisotopic (exact) mass is 289 g/mol. The molecule has 0 saturated carbocycles. The van der Waals surface area contributed by atoms with E-state index in [0.717, 1.165) is 9.88 Å². The largest absolute Gasteiger partial charge is 0.366 e. The molecule has 0 atom stereocenters. The van der Waals surface area contributed by atoms with Crippen molar-refractivity contribution in [3.05, 3.63) is 51.0 Å². The lowest BCUT2D eigenvalue weighted by Gasteiger charge is -2.09. The lowest BCUT2D eigenvalue weighted by atomic mass is 10.0. The van der Waals surface area contributed by atoms with Crippen molar-refractivity contribution in [1.82, 2.24) is 10.3 Å². The number of hydrogen-bond donors (Lipinski definition) is 2. The lowest BCUT2D eigenvalue weighted by molar-refractivity contribution is 0.0950. The molecule has 0 fully saturated rings. The Morgan fingerprint density at radius 2 is 2.00 bits per heavy atom. The van der Waals surface area contributed by atoms with Gasteiger partial charge in [0.1, 0.15) is 5.01 Å². The molecule has 0 unspecified atom stereocenters. The van der Waals surface area contributed by atoms with Gasteiger partial charge in [0.25, 0.3) is 5.91 Å². The normalized spacial score (nSPS) is 10.3. The summed E-state index contributed by atoms with van der Waals surface area (Å²) in [6.45, 7) is 4.05. The minimum Gasteiger partial charge on any atom is -0.366 e. The van der Waals surface area contributed by atoms with Crippen molar-refractivity contribution < 1.29 is 9.59 Å². The van der Waals surface area contributed by atoms with E-state index in [1.54, 1.807) is 31.3 Å². The number of amides is 2. The Morgan fingerprint density at radius 3 is 2.60 bits per heavy atom. The van der Waals surface area contributed by atoms with Crippen LogP contribution in [0.4, 0.5) is 0 Å². The molecular weight excluding hydrogens is 274 g/mol. The van der Waals surface area contributed by atoms with E-state index in [9.17, 15) is 9.59 Å². The number of primary amides is 1. The van der Waals surface area contributed by atoms with E-state index in [4.69, 9.17) is 5.73 Å². The van der Waals surface area contributed by atoms with Crippen LogP contribution >= 0.6 is 11.3 Å². The molecule has 2 amide bonds. The SMILES string of the molecule is Cc1cnc(CNC(=O)c2cccc(C(N)=O)c2C)s1. The van der Waals surface area contributed by atoms with E-state index >= 15 is 0 Å². The number of nitrogens with one attached hydrogen (secondary N) is 1. The van der Waals surface area contributed by atoms with E-state index in [1.165, 1.54) is 11.3 Å². The highest BCUT2D eigenvalue weighted by atomic mass is 32.1. The van der Waals surface area contributed by atoms with Crippen LogP contribution in [-0.2, 0) is 6.54 Å². The Hall–Kier alpha value is -2.21. The number of hydrogen-bond acceptors (Lipinski definition) is 4. The number of nitrogens with zero attached hydrogens (tertiary/aromatic N) is 1. The molecule has 0 saturated heterocycles. The molecule has 2 rings (SSSR count). The van der Waals surface area contributed by atoms with Gasteiger partial charge >= 0.3 is 0 Å². The summed E-state index contributed by atoms with van der Waals surface area (Å²) in [7, 11) is 0. The van der Waals surface area contributed by atoms with Gasteiger partial charge in [0.2, 0.25) is 5.91 Å². The molecule has 1 aromatic heterocycles. The molecule has 0 radical (unpaired) electrons. The van der Waals surface area contributed by atoms with E-state index in [1.807, 2.05) is 6.92 Å². The summed E-state index contributed by atoms with van der Waals surface area (Å²) >= 11 is 1.54. The van der Waals surface area contributed by atoms with E-state index in [0.29, 0.717) is 23.2 Å². The van der Waals surface area contributed by atoms with Crippen molar-refractivity contribution in [3.8, 4) is 0 Å². The molecule has 0 aliphatic carbocycles. The maximum Gasteiger partial charge on any atom is 0.251 e. The fourth-order valence-corrected chi connectivity index (χ4v) is 2.61. The van der Waals surface area contributed by atoms with Gasteiger partial charge in [0.05, 0.1) is 6.54 Å². The summed E-state index contributed by atoms with van der Waals surface area (Å²) in [6, 6.07) is 4.93. The van der Waals surface area contributed by atoms with Gasteiger partial charge in [-0.15, -0.1) is 11.3 Å². The quantitative estimate of drug-likeness (QED) is 0.899. The van der Waals surface area contributed by atoms with Crippen molar-refractivity contribution in [2.45, 2.75) is 20.4 Å². The first kappa shape index (κ1) is 14.2. The molecule has 0 bridgehead atoms. The molecule has 0 aliphatic heterocycles. The Morgan fingerprint density at radius 1 is 1.30 bits per heavy atom. The van der Waals surface area contributed by atoms with Gasteiger partial charge in [0.15, 0.2) is 0 Å². The molecule has 0 spiro atoms. The minimum atomic E-state index is -0.535. The fourth-order valence-electron chi connectivity index (χ4n) is 1.88. The number of nitrogens with two attached hydrogens (primary N) is 1. The highest BCUT2D eigenvalue weighted by molar-refractivity contribution is 7.11. The van der Waals surface area contributed by atoms with Gasteiger partial charge in [-0.05, 0) is 31.5 Å². The van der Waals surface area contributed by atoms with Gasteiger partial charge in [-0.25, -0.2) is 4.98 Å². The first-order chi connectivity index (χ1) is 9.49. The molecule has 3 N–H and O–H groups in total. The summed E-state index contributed by atoms with van der Waals surface area (Å²) in [6.07, 6.45) is 1.77. The van der Waals surface area contributed by atoms with Crippen molar-refractivity contribution in [1.29, 1.82) is 0 Å². The van der Waals surface area contributed by atoms with Gasteiger partial charge in [-0.3, -0.25) is 9.59 Å². The number of aromatic nitrogens is 1. The summed E-state index contributed by atoms with van der Waals surface area (Å²) < 4.78 is 0. The van der Waals surface area contributed by atoms with Crippen LogP contribution in [0.5, 0.6) is 0 Å². The average Bonchev–Trinajstić information content (AvgIpc) is 2.81. The molecule has 104 valence electrons. The number of carbonyl (C=O) groups is 2. The zero-order chi connectivity index (χ0) is 14.7. The van der Waals surface area contributed by atoms with Crippen LogP contribution < -0.4 is 11.1 Å². The topological polar surface area (TPSA) is 85.1 Å². The third kappa shape index (κ3) is 3.03. The highest BCUT2D eigenvalue weighted by Gasteiger charge is 2.14. The summed E-state index contributed by atoms with van der Waals surface area (Å²) in [5, 5.41) is 3.64. The molecule has 1 heterocycles. The summed E-state index contributed by atoms with van der Waals surface area (Å²) in [4.78, 5) is 28.7. The van der Waals surface area contributed by atoms with Crippen LogP contribution in [-0.4, -0.2) is 16.8 Å². The second-order valence-electron chi connectivity index (χ2n) is 4.39. The Labute approximate surface area is 120 Å². The van der Waals surface area contributed by atoms with Crippen LogP contribution in [0.2, 0.25) is 0 Å². The van der Waals surface area contributed by atoms with Gasteiger partial charge < -0.3 is 11.1 Å². The molecule has 5 nitrogen and oxygen atoms in total. The van der Waals surface area contributed by atoms with Crippen LogP contribution in [0.1, 0.15) is 36.2 Å². The Bertz CT molecular complexity index is 664. The summed E-state index contributed by atoms with van der Waals surface area (Å²) in [5.41, 5.74) is 6.68. The number of rotatable bonds is 4. The van der Waals surface area contributed by atoms with E-state index in [2.05, 4.69) is 10.3 Å². The van der Waals surface area contributed by atoms with Crippen LogP contribution in [0.3, 0.4) is 0 Å². The van der Waals surface area contributed by atoms with Crippen molar-refractivity contribution in [2.75, 3.05) is 0 Å². The number of benzene rings is 1. The standard InChI is InChI=1S/C14H15N3O2S/c1-8-6-16-12(20-8)7-17-14(19)11-5-3-4-10(9(11)2)13(15)18/h3-6H,7H2,1-2H3,(H2,15,18)(H,17,19). The second kappa shape index (κ2) is 5.83. The summed E-state index contributed by atoms with van der Waals surface area (Å²) in [5.74, 6) is -0.772. The maximum atomic E-state index is 12.1. The third-order valence-corrected chi connectivity index (χ3v) is 3.83. The zero-order valence-corrected chi connectivity index (χ0v) is 12.1. The molecule has 20 heavy (non-hydrogen) atoms. The lowest BCUT2D eigenvalue weighted by Crippen LogP contribution is -2.24. The molecular formula is C14H15N3O2S. The molecule has 6 heteroatoms. The number of carbonyl (C=O) groups excluding carboxylic acids is 2. The average molecular weight is 289 g/mol. The molecule has 0 aliphatic rings. The fraction of sp³-hybridized carbons (Fsp3) is 0.214. The van der Waals surface area contributed by atoms with Crippen molar-refractivity contribution >= 4 is 23.2 Å². The number of thiazole rings is 1. The third-order valence-electron chi connectivity index (χ3n) is 2.91. The first-order valence-electron chi connectivity index (χ1n) is 6.08. The maximum absolute atomic E-state index is 12.1.